The number of likely N-dealkylation sites (N-methyl/N-ethyl adjacent to an activating group) is 1. The minimum Gasteiger partial charge on any atom is -0.341 e. The van der Waals surface area contributed by atoms with Gasteiger partial charge in [0.1, 0.15) is 0 Å². The lowest BCUT2D eigenvalue weighted by Crippen LogP contribution is -2.47. The topological polar surface area (TPSA) is 32.3 Å². The van der Waals surface area contributed by atoms with Gasteiger partial charge in [-0.05, 0) is 48.6 Å². The highest BCUT2D eigenvalue weighted by Crippen LogP contribution is 2.49. The van der Waals surface area contributed by atoms with Gasteiger partial charge >= 0.3 is 0 Å². The maximum absolute atomic E-state index is 12.8. The van der Waals surface area contributed by atoms with Crippen LogP contribution in [0.4, 0.5) is 0 Å². The number of rotatable bonds is 3. The number of amides is 1. The van der Waals surface area contributed by atoms with Crippen molar-refractivity contribution >= 4 is 16.7 Å². The van der Waals surface area contributed by atoms with E-state index in [1.54, 1.807) is 0 Å². The third-order valence-electron chi connectivity index (χ3n) is 5.45. The quantitative estimate of drug-likeness (QED) is 0.944. The van der Waals surface area contributed by atoms with E-state index in [4.69, 9.17) is 0 Å². The normalized spacial score (nSPS) is 27.2. The first-order valence-electron chi connectivity index (χ1n) is 8.71. The van der Waals surface area contributed by atoms with Gasteiger partial charge < -0.3 is 10.2 Å². The van der Waals surface area contributed by atoms with Crippen molar-refractivity contribution in [3.63, 3.8) is 0 Å². The molecule has 0 radical (unpaired) electrons. The molecule has 1 heterocycles. The molecule has 1 aliphatic carbocycles. The summed E-state index contributed by atoms with van der Waals surface area (Å²) in [5.74, 6) is 0.983. The molecular formula is C20H24N2O. The summed E-state index contributed by atoms with van der Waals surface area (Å²) in [5.41, 5.74) is 1.32. The molecule has 2 aliphatic rings. The van der Waals surface area contributed by atoms with Gasteiger partial charge in [-0.2, -0.15) is 0 Å². The Hall–Kier alpha value is -1.87. The molecule has 0 aromatic heterocycles. The molecule has 0 spiro atoms. The average molecular weight is 308 g/mol. The first kappa shape index (κ1) is 14.7. The molecule has 2 fully saturated rings. The van der Waals surface area contributed by atoms with Crippen molar-refractivity contribution in [1.82, 2.24) is 10.2 Å². The minimum atomic E-state index is 0.201. The third kappa shape index (κ3) is 2.86. The number of benzene rings is 2. The Morgan fingerprint density at radius 2 is 2.00 bits per heavy atom. The van der Waals surface area contributed by atoms with Crippen LogP contribution in [-0.4, -0.2) is 37.0 Å². The Kier molecular flexibility index (Phi) is 3.82. The van der Waals surface area contributed by atoms with Crippen LogP contribution in [0.1, 0.15) is 30.7 Å². The highest BCUT2D eigenvalue weighted by atomic mass is 16.2. The van der Waals surface area contributed by atoms with Gasteiger partial charge in [-0.1, -0.05) is 42.5 Å². The zero-order valence-corrected chi connectivity index (χ0v) is 13.7. The monoisotopic (exact) mass is 308 g/mol. The van der Waals surface area contributed by atoms with E-state index in [1.807, 2.05) is 7.05 Å². The molecule has 1 saturated carbocycles. The van der Waals surface area contributed by atoms with Crippen LogP contribution < -0.4 is 5.32 Å². The van der Waals surface area contributed by atoms with Crippen molar-refractivity contribution in [3.8, 4) is 0 Å². The number of hydrogen-bond acceptors (Lipinski definition) is 2. The molecule has 4 rings (SSSR count). The molecule has 1 unspecified atom stereocenters. The number of piperidine rings is 1. The molecule has 2 aromatic carbocycles. The summed E-state index contributed by atoms with van der Waals surface area (Å²) in [6, 6.07) is 15.5. The Morgan fingerprint density at radius 1 is 1.17 bits per heavy atom. The van der Waals surface area contributed by atoms with E-state index < -0.39 is 0 Å². The molecule has 1 amide bonds. The number of nitrogens with zero attached hydrogens (tertiary/aromatic N) is 1. The fourth-order valence-corrected chi connectivity index (χ4v) is 3.92. The van der Waals surface area contributed by atoms with Crippen LogP contribution in [0.15, 0.2) is 42.5 Å². The Labute approximate surface area is 137 Å². The predicted octanol–water partition coefficient (Wildman–Crippen LogP) is 3.15. The summed E-state index contributed by atoms with van der Waals surface area (Å²) in [6.07, 6.45) is 3.31. The molecule has 0 bridgehead atoms. The zero-order chi connectivity index (χ0) is 15.8. The SMILES string of the molecule is CNC1CCCN(C(=O)[C@@H]2C[C@H]2c2ccc3ccccc3c2)C1. The van der Waals surface area contributed by atoms with Crippen LogP contribution in [0, 0.1) is 5.92 Å². The fraction of sp³-hybridized carbons (Fsp3) is 0.450. The summed E-state index contributed by atoms with van der Waals surface area (Å²) in [7, 11) is 1.99. The van der Waals surface area contributed by atoms with Gasteiger partial charge in [0.15, 0.2) is 0 Å². The molecular weight excluding hydrogens is 284 g/mol. The molecule has 3 nitrogen and oxygen atoms in total. The Balaban J connectivity index is 1.47. The smallest absolute Gasteiger partial charge is 0.226 e. The number of likely N-dealkylation sites (tertiary alicyclic amines) is 1. The second kappa shape index (κ2) is 5.97. The van der Waals surface area contributed by atoms with E-state index in [0.29, 0.717) is 17.9 Å². The van der Waals surface area contributed by atoms with Crippen LogP contribution in [-0.2, 0) is 4.79 Å². The van der Waals surface area contributed by atoms with Gasteiger partial charge in [0.05, 0.1) is 0 Å². The highest BCUT2D eigenvalue weighted by Gasteiger charge is 2.46. The van der Waals surface area contributed by atoms with Gasteiger partial charge in [-0.3, -0.25) is 4.79 Å². The van der Waals surface area contributed by atoms with Crippen molar-refractivity contribution < 1.29 is 4.79 Å². The number of fused-ring (bicyclic) bond motifs is 1. The van der Waals surface area contributed by atoms with Crippen LogP contribution in [0.2, 0.25) is 0 Å². The first-order valence-corrected chi connectivity index (χ1v) is 8.71. The first-order chi connectivity index (χ1) is 11.3. The summed E-state index contributed by atoms with van der Waals surface area (Å²) in [4.78, 5) is 14.8. The molecule has 120 valence electrons. The van der Waals surface area contributed by atoms with Gasteiger partial charge in [0, 0.05) is 25.0 Å². The van der Waals surface area contributed by atoms with Crippen LogP contribution in [0.3, 0.4) is 0 Å². The maximum atomic E-state index is 12.8. The predicted molar refractivity (Wildman–Crippen MR) is 93.5 cm³/mol. The van der Waals surface area contributed by atoms with Crippen molar-refractivity contribution in [2.75, 3.05) is 20.1 Å². The maximum Gasteiger partial charge on any atom is 0.226 e. The third-order valence-corrected chi connectivity index (χ3v) is 5.45. The van der Waals surface area contributed by atoms with Crippen molar-refractivity contribution in [3.05, 3.63) is 48.0 Å². The van der Waals surface area contributed by atoms with E-state index in [-0.39, 0.29) is 5.92 Å². The summed E-state index contributed by atoms with van der Waals surface area (Å²) >= 11 is 0. The molecule has 1 N–H and O–H groups in total. The summed E-state index contributed by atoms with van der Waals surface area (Å²) < 4.78 is 0. The number of hydrogen-bond donors (Lipinski definition) is 1. The van der Waals surface area contributed by atoms with E-state index in [0.717, 1.165) is 25.9 Å². The highest BCUT2D eigenvalue weighted by molar-refractivity contribution is 5.86. The largest absolute Gasteiger partial charge is 0.341 e. The molecule has 23 heavy (non-hydrogen) atoms. The van der Waals surface area contributed by atoms with Crippen LogP contribution >= 0.6 is 0 Å². The van der Waals surface area contributed by atoms with Crippen molar-refractivity contribution in [1.29, 1.82) is 0 Å². The Morgan fingerprint density at radius 3 is 2.83 bits per heavy atom. The summed E-state index contributed by atoms with van der Waals surface area (Å²) in [6.45, 7) is 1.80. The lowest BCUT2D eigenvalue weighted by Gasteiger charge is -2.32. The van der Waals surface area contributed by atoms with E-state index in [9.17, 15) is 4.79 Å². The minimum absolute atomic E-state index is 0.201. The zero-order valence-electron chi connectivity index (χ0n) is 13.7. The van der Waals surface area contributed by atoms with Crippen LogP contribution in [0.5, 0.6) is 0 Å². The lowest BCUT2D eigenvalue weighted by atomic mass is 10.0. The van der Waals surface area contributed by atoms with Gasteiger partial charge in [-0.25, -0.2) is 0 Å². The summed E-state index contributed by atoms with van der Waals surface area (Å²) in [5, 5.41) is 5.86. The van der Waals surface area contributed by atoms with E-state index >= 15 is 0 Å². The molecule has 1 saturated heterocycles. The van der Waals surface area contributed by atoms with E-state index in [2.05, 4.69) is 52.7 Å². The van der Waals surface area contributed by atoms with Crippen molar-refractivity contribution in [2.24, 2.45) is 5.92 Å². The van der Waals surface area contributed by atoms with Gasteiger partial charge in [0.2, 0.25) is 5.91 Å². The fourth-order valence-electron chi connectivity index (χ4n) is 3.92. The van der Waals surface area contributed by atoms with Crippen LogP contribution in [0.25, 0.3) is 10.8 Å². The number of carbonyl (C=O) groups is 1. The second-order valence-electron chi connectivity index (χ2n) is 6.97. The molecule has 3 atom stereocenters. The molecule has 2 aromatic rings. The lowest BCUT2D eigenvalue weighted by molar-refractivity contribution is -0.134. The van der Waals surface area contributed by atoms with E-state index in [1.165, 1.54) is 22.8 Å². The number of nitrogens with one attached hydrogen (secondary N) is 1. The molecule has 1 aliphatic heterocycles. The van der Waals surface area contributed by atoms with Gasteiger partial charge in [-0.15, -0.1) is 0 Å². The average Bonchev–Trinajstić information content (AvgIpc) is 3.41. The van der Waals surface area contributed by atoms with Gasteiger partial charge in [0.25, 0.3) is 0 Å². The van der Waals surface area contributed by atoms with Crippen molar-refractivity contribution in [2.45, 2.75) is 31.2 Å². The second-order valence-corrected chi connectivity index (χ2v) is 6.97. The Bertz CT molecular complexity index is 726. The molecule has 3 heteroatoms. The standard InChI is InChI=1S/C20H24N2O/c1-21-17-7-4-10-22(13-17)20(23)19-12-18(19)16-9-8-14-5-2-3-6-15(14)11-16/h2-3,5-6,8-9,11,17-19,21H,4,7,10,12-13H2,1H3/t17?,18-,19+/m0/s1. The number of carbonyl (C=O) groups excluding carboxylic acids is 1.